The summed E-state index contributed by atoms with van der Waals surface area (Å²) in [5, 5.41) is 3.44. The lowest BCUT2D eigenvalue weighted by atomic mass is 9.77. The van der Waals surface area contributed by atoms with E-state index in [1.54, 1.807) is 0 Å². The van der Waals surface area contributed by atoms with Crippen LogP contribution < -0.4 is 5.32 Å². The summed E-state index contributed by atoms with van der Waals surface area (Å²) in [5.74, 6) is 0.697. The van der Waals surface area contributed by atoms with Crippen LogP contribution in [-0.4, -0.2) is 52.2 Å². The first kappa shape index (κ1) is 13.8. The molecule has 0 bridgehead atoms. The maximum Gasteiger partial charge on any atom is 0.0814 e. The van der Waals surface area contributed by atoms with Crippen LogP contribution in [0.2, 0.25) is 0 Å². The Kier molecular flexibility index (Phi) is 4.74. The molecular formula is C15H27NO3. The average molecular weight is 269 g/mol. The van der Waals surface area contributed by atoms with Gasteiger partial charge in [-0.1, -0.05) is 0 Å². The quantitative estimate of drug-likeness (QED) is 0.841. The third-order valence-electron chi connectivity index (χ3n) is 4.95. The summed E-state index contributed by atoms with van der Waals surface area (Å²) < 4.78 is 17.2. The van der Waals surface area contributed by atoms with Crippen LogP contribution in [0.4, 0.5) is 0 Å². The second-order valence-corrected chi connectivity index (χ2v) is 6.48. The second kappa shape index (κ2) is 6.53. The highest BCUT2D eigenvalue weighted by Crippen LogP contribution is 2.40. The van der Waals surface area contributed by atoms with Crippen molar-refractivity contribution in [2.24, 2.45) is 11.3 Å². The number of nitrogens with one attached hydrogen (secondary N) is 1. The summed E-state index contributed by atoms with van der Waals surface area (Å²) in [5.41, 5.74) is 0.456. The molecule has 0 unspecified atom stereocenters. The van der Waals surface area contributed by atoms with Gasteiger partial charge < -0.3 is 19.5 Å². The molecule has 0 aromatic heterocycles. The lowest BCUT2D eigenvalue weighted by Gasteiger charge is -2.32. The molecule has 19 heavy (non-hydrogen) atoms. The molecule has 0 radical (unpaired) electrons. The third kappa shape index (κ3) is 3.69. The zero-order chi connectivity index (χ0) is 13.0. The van der Waals surface area contributed by atoms with Gasteiger partial charge in [-0.25, -0.2) is 0 Å². The lowest BCUT2D eigenvalue weighted by molar-refractivity contribution is -0.0179. The Morgan fingerprint density at radius 1 is 1.11 bits per heavy atom. The molecule has 3 rings (SSSR count). The molecule has 3 saturated heterocycles. The predicted molar refractivity (Wildman–Crippen MR) is 73.3 cm³/mol. The van der Waals surface area contributed by atoms with Crippen LogP contribution in [0.25, 0.3) is 0 Å². The smallest absolute Gasteiger partial charge is 0.0814 e. The van der Waals surface area contributed by atoms with Crippen molar-refractivity contribution < 1.29 is 14.2 Å². The van der Waals surface area contributed by atoms with Gasteiger partial charge in [0.2, 0.25) is 0 Å². The number of hydrogen-bond donors (Lipinski definition) is 1. The maximum absolute atomic E-state index is 5.96. The first-order valence-electron chi connectivity index (χ1n) is 7.84. The van der Waals surface area contributed by atoms with Crippen molar-refractivity contribution in [1.82, 2.24) is 5.32 Å². The van der Waals surface area contributed by atoms with E-state index in [9.17, 15) is 0 Å². The fourth-order valence-corrected chi connectivity index (χ4v) is 3.59. The van der Waals surface area contributed by atoms with Crippen molar-refractivity contribution in [2.45, 2.75) is 38.2 Å². The van der Waals surface area contributed by atoms with Gasteiger partial charge >= 0.3 is 0 Å². The van der Waals surface area contributed by atoms with E-state index in [0.29, 0.717) is 17.4 Å². The Balaban J connectivity index is 1.35. The number of piperidine rings is 1. The van der Waals surface area contributed by atoms with Gasteiger partial charge in [0.15, 0.2) is 0 Å². The van der Waals surface area contributed by atoms with E-state index in [0.717, 1.165) is 59.0 Å². The highest BCUT2D eigenvalue weighted by atomic mass is 16.5. The van der Waals surface area contributed by atoms with Crippen LogP contribution in [0.5, 0.6) is 0 Å². The average Bonchev–Trinajstić information content (AvgIpc) is 2.84. The summed E-state index contributed by atoms with van der Waals surface area (Å²) in [6, 6.07) is 0. The summed E-state index contributed by atoms with van der Waals surface area (Å²) in [7, 11) is 0. The zero-order valence-corrected chi connectivity index (χ0v) is 11.9. The van der Waals surface area contributed by atoms with Gasteiger partial charge in [-0.15, -0.1) is 0 Å². The summed E-state index contributed by atoms with van der Waals surface area (Å²) in [6.45, 7) is 6.73. The molecule has 1 N–H and O–H groups in total. The van der Waals surface area contributed by atoms with Gasteiger partial charge in [-0.05, 0) is 56.5 Å². The molecule has 110 valence electrons. The van der Waals surface area contributed by atoms with Crippen LogP contribution in [0, 0.1) is 11.3 Å². The summed E-state index contributed by atoms with van der Waals surface area (Å²) in [4.78, 5) is 0. The molecule has 3 aliphatic rings. The van der Waals surface area contributed by atoms with Gasteiger partial charge in [0, 0.05) is 19.8 Å². The van der Waals surface area contributed by atoms with E-state index in [1.165, 1.54) is 19.3 Å². The van der Waals surface area contributed by atoms with Crippen LogP contribution in [-0.2, 0) is 14.2 Å². The van der Waals surface area contributed by atoms with E-state index < -0.39 is 0 Å². The molecule has 4 nitrogen and oxygen atoms in total. The van der Waals surface area contributed by atoms with Crippen molar-refractivity contribution in [3.8, 4) is 0 Å². The van der Waals surface area contributed by atoms with Gasteiger partial charge in [-0.2, -0.15) is 0 Å². The molecule has 4 heteroatoms. The minimum absolute atomic E-state index is 0.331. The van der Waals surface area contributed by atoms with Gasteiger partial charge in [0.25, 0.3) is 0 Å². The monoisotopic (exact) mass is 269 g/mol. The normalized spacial score (nSPS) is 31.9. The fraction of sp³-hybridized carbons (Fsp3) is 1.00. The van der Waals surface area contributed by atoms with Crippen LogP contribution in [0.15, 0.2) is 0 Å². The third-order valence-corrected chi connectivity index (χ3v) is 4.95. The molecule has 0 amide bonds. The Morgan fingerprint density at radius 2 is 1.89 bits per heavy atom. The zero-order valence-electron chi connectivity index (χ0n) is 11.9. The van der Waals surface area contributed by atoms with Crippen LogP contribution in [0.1, 0.15) is 32.1 Å². The molecule has 0 aromatic rings. The number of hydrogen-bond acceptors (Lipinski definition) is 4. The molecule has 0 aromatic carbocycles. The Labute approximate surface area is 116 Å². The number of rotatable bonds is 4. The minimum Gasteiger partial charge on any atom is -0.381 e. The summed E-state index contributed by atoms with van der Waals surface area (Å²) >= 11 is 0. The van der Waals surface area contributed by atoms with E-state index >= 15 is 0 Å². The fourth-order valence-electron chi connectivity index (χ4n) is 3.59. The Bertz CT molecular complexity index is 273. The van der Waals surface area contributed by atoms with Gasteiger partial charge in [0.1, 0.15) is 0 Å². The topological polar surface area (TPSA) is 39.7 Å². The highest BCUT2D eigenvalue weighted by Gasteiger charge is 2.40. The van der Waals surface area contributed by atoms with Gasteiger partial charge in [-0.3, -0.25) is 0 Å². The van der Waals surface area contributed by atoms with Crippen molar-refractivity contribution in [2.75, 3.05) is 46.1 Å². The van der Waals surface area contributed by atoms with Crippen LogP contribution in [0.3, 0.4) is 0 Å². The molecule has 1 atom stereocenters. The van der Waals surface area contributed by atoms with Crippen molar-refractivity contribution in [3.05, 3.63) is 0 Å². The van der Waals surface area contributed by atoms with E-state index in [4.69, 9.17) is 14.2 Å². The minimum atomic E-state index is 0.331. The second-order valence-electron chi connectivity index (χ2n) is 6.48. The first-order valence-corrected chi connectivity index (χ1v) is 7.84. The molecule has 0 saturated carbocycles. The first-order chi connectivity index (χ1) is 9.36. The van der Waals surface area contributed by atoms with Crippen molar-refractivity contribution in [1.29, 1.82) is 0 Å². The molecule has 3 aliphatic heterocycles. The van der Waals surface area contributed by atoms with Crippen molar-refractivity contribution in [3.63, 3.8) is 0 Å². The Morgan fingerprint density at radius 3 is 2.68 bits per heavy atom. The largest absolute Gasteiger partial charge is 0.381 e. The molecule has 1 spiro atoms. The number of ether oxygens (including phenoxy) is 3. The molecule has 3 fully saturated rings. The molecular weight excluding hydrogens is 242 g/mol. The summed E-state index contributed by atoms with van der Waals surface area (Å²) in [6.07, 6.45) is 6.37. The molecule has 0 aliphatic carbocycles. The van der Waals surface area contributed by atoms with E-state index in [2.05, 4.69) is 5.32 Å². The van der Waals surface area contributed by atoms with E-state index in [-0.39, 0.29) is 0 Å². The van der Waals surface area contributed by atoms with Gasteiger partial charge in [0.05, 0.1) is 19.3 Å². The maximum atomic E-state index is 5.96. The molecule has 3 heterocycles. The predicted octanol–water partition coefficient (Wildman–Crippen LogP) is 1.59. The van der Waals surface area contributed by atoms with E-state index in [1.807, 2.05) is 0 Å². The van der Waals surface area contributed by atoms with Crippen LogP contribution >= 0.6 is 0 Å². The SMILES string of the molecule is C1CC2(CCN1)CO[C@H](COCC1CCOCC1)C2. The standard InChI is InChI=1S/C15H27NO3/c1-7-17-8-2-13(1)10-18-11-14-9-15(12-19-14)3-5-16-6-4-15/h13-14,16H,1-12H2/t14-/m0/s1. The Hall–Kier alpha value is -0.160. The lowest BCUT2D eigenvalue weighted by Crippen LogP contribution is -2.37. The van der Waals surface area contributed by atoms with Crippen molar-refractivity contribution >= 4 is 0 Å². The highest BCUT2D eigenvalue weighted by molar-refractivity contribution is 4.91.